The lowest BCUT2D eigenvalue weighted by atomic mass is 10.0. The maximum Gasteiger partial charge on any atom is 0.264 e. The zero-order valence-electron chi connectivity index (χ0n) is 14.4. The molecule has 2 saturated heterocycles. The van der Waals surface area contributed by atoms with E-state index >= 15 is 0 Å². The monoisotopic (exact) mass is 344 g/mol. The van der Waals surface area contributed by atoms with Crippen LogP contribution in [-0.2, 0) is 0 Å². The summed E-state index contributed by atoms with van der Waals surface area (Å²) in [5, 5.41) is 1.08. The van der Waals surface area contributed by atoms with Crippen molar-refractivity contribution in [3.05, 3.63) is 16.8 Å². The second kappa shape index (κ2) is 6.31. The standard InChI is InChI=1S/C18H24N4OS/c1-12-7-3-4-10-22(12)16-14-13(2)15(24-17(14)20-11-19-16)18(23)21-8-5-6-9-21/h11-12H,3-10H2,1-2H3. The van der Waals surface area contributed by atoms with Crippen LogP contribution in [0.25, 0.3) is 10.2 Å². The Kier molecular flexibility index (Phi) is 4.16. The van der Waals surface area contributed by atoms with Gasteiger partial charge in [0.15, 0.2) is 0 Å². The number of anilines is 1. The van der Waals surface area contributed by atoms with Gasteiger partial charge in [-0.2, -0.15) is 0 Å². The van der Waals surface area contributed by atoms with Crippen molar-refractivity contribution in [3.63, 3.8) is 0 Å². The Bertz CT molecular complexity index is 766. The molecule has 6 heteroatoms. The first-order valence-corrected chi connectivity index (χ1v) is 9.78. The van der Waals surface area contributed by atoms with E-state index in [0.29, 0.717) is 6.04 Å². The number of carbonyl (C=O) groups excluding carboxylic acids is 1. The lowest BCUT2D eigenvalue weighted by Crippen LogP contribution is -2.38. The molecular formula is C18H24N4OS. The minimum Gasteiger partial charge on any atom is -0.353 e. The van der Waals surface area contributed by atoms with Crippen molar-refractivity contribution < 1.29 is 4.79 Å². The largest absolute Gasteiger partial charge is 0.353 e. The molecule has 0 saturated carbocycles. The van der Waals surface area contributed by atoms with E-state index in [2.05, 4.69) is 28.7 Å². The number of carbonyl (C=O) groups is 1. The first-order chi connectivity index (χ1) is 11.7. The molecular weight excluding hydrogens is 320 g/mol. The highest BCUT2D eigenvalue weighted by molar-refractivity contribution is 7.20. The van der Waals surface area contributed by atoms with Crippen molar-refractivity contribution in [2.45, 2.75) is 52.0 Å². The Morgan fingerprint density at radius 3 is 2.67 bits per heavy atom. The summed E-state index contributed by atoms with van der Waals surface area (Å²) in [5.74, 6) is 1.19. The molecule has 0 aliphatic carbocycles. The van der Waals surface area contributed by atoms with Gasteiger partial charge in [-0.05, 0) is 51.5 Å². The van der Waals surface area contributed by atoms with Crippen LogP contribution in [0.1, 0.15) is 54.3 Å². The van der Waals surface area contributed by atoms with Crippen LogP contribution < -0.4 is 4.90 Å². The van der Waals surface area contributed by atoms with Crippen LogP contribution in [0.2, 0.25) is 0 Å². The SMILES string of the molecule is Cc1c(C(=O)N2CCCC2)sc2ncnc(N3CCCCC3C)c12. The summed E-state index contributed by atoms with van der Waals surface area (Å²) in [4.78, 5) is 28.1. The quantitative estimate of drug-likeness (QED) is 0.835. The third-order valence-corrected chi connectivity index (χ3v) is 6.56. The average molecular weight is 344 g/mol. The summed E-state index contributed by atoms with van der Waals surface area (Å²) < 4.78 is 0. The summed E-state index contributed by atoms with van der Waals surface area (Å²) >= 11 is 1.53. The molecule has 24 heavy (non-hydrogen) atoms. The van der Waals surface area contributed by atoms with Crippen LogP contribution in [0.4, 0.5) is 5.82 Å². The van der Waals surface area contributed by atoms with Crippen LogP contribution in [-0.4, -0.2) is 46.5 Å². The number of hydrogen-bond donors (Lipinski definition) is 0. The van der Waals surface area contributed by atoms with E-state index in [1.165, 1.54) is 30.6 Å². The highest BCUT2D eigenvalue weighted by atomic mass is 32.1. The van der Waals surface area contributed by atoms with Crippen molar-refractivity contribution in [2.24, 2.45) is 0 Å². The van der Waals surface area contributed by atoms with Crippen molar-refractivity contribution in [1.29, 1.82) is 0 Å². The predicted molar refractivity (Wildman–Crippen MR) is 97.9 cm³/mol. The Morgan fingerprint density at radius 2 is 1.92 bits per heavy atom. The molecule has 0 spiro atoms. The first kappa shape index (κ1) is 15.8. The number of thiophene rings is 1. The Balaban J connectivity index is 1.78. The van der Waals surface area contributed by atoms with Gasteiger partial charge in [0, 0.05) is 25.7 Å². The zero-order chi connectivity index (χ0) is 16.7. The molecule has 1 unspecified atom stereocenters. The third-order valence-electron chi connectivity index (χ3n) is 5.37. The van der Waals surface area contributed by atoms with Gasteiger partial charge in [0.25, 0.3) is 5.91 Å². The number of likely N-dealkylation sites (tertiary alicyclic amines) is 1. The van der Waals surface area contributed by atoms with Crippen LogP contribution in [0.3, 0.4) is 0 Å². The number of piperidine rings is 1. The Hall–Kier alpha value is -1.69. The molecule has 0 radical (unpaired) electrons. The van der Waals surface area contributed by atoms with Gasteiger partial charge in [0.05, 0.1) is 10.3 Å². The lowest BCUT2D eigenvalue weighted by molar-refractivity contribution is 0.0797. The normalized spacial score (nSPS) is 21.7. The van der Waals surface area contributed by atoms with Gasteiger partial charge in [0.1, 0.15) is 17.0 Å². The van der Waals surface area contributed by atoms with Gasteiger partial charge in [-0.15, -0.1) is 11.3 Å². The molecule has 1 atom stereocenters. The van der Waals surface area contributed by atoms with Crippen LogP contribution in [0.5, 0.6) is 0 Å². The van der Waals surface area contributed by atoms with Crippen molar-refractivity contribution in [1.82, 2.24) is 14.9 Å². The maximum atomic E-state index is 12.9. The minimum atomic E-state index is 0.172. The summed E-state index contributed by atoms with van der Waals surface area (Å²) in [6, 6.07) is 0.494. The molecule has 128 valence electrons. The van der Waals surface area contributed by atoms with E-state index in [4.69, 9.17) is 0 Å². The predicted octanol–water partition coefficient (Wildman–Crippen LogP) is 3.61. The molecule has 0 aromatic carbocycles. The van der Waals surface area contributed by atoms with E-state index in [1.807, 2.05) is 4.90 Å². The number of aromatic nitrogens is 2. The highest BCUT2D eigenvalue weighted by Crippen LogP contribution is 2.37. The number of rotatable bonds is 2. The topological polar surface area (TPSA) is 49.3 Å². The summed E-state index contributed by atoms with van der Waals surface area (Å²) in [5.41, 5.74) is 1.06. The summed E-state index contributed by atoms with van der Waals surface area (Å²) in [6.07, 6.45) is 7.58. The third kappa shape index (κ3) is 2.57. The second-order valence-electron chi connectivity index (χ2n) is 6.97. The second-order valence-corrected chi connectivity index (χ2v) is 7.97. The molecule has 4 heterocycles. The average Bonchev–Trinajstić information content (AvgIpc) is 3.23. The Labute approximate surface area is 146 Å². The smallest absolute Gasteiger partial charge is 0.264 e. The molecule has 5 nitrogen and oxygen atoms in total. The van der Waals surface area contributed by atoms with Crippen molar-refractivity contribution in [3.8, 4) is 0 Å². The van der Waals surface area contributed by atoms with Gasteiger partial charge in [-0.3, -0.25) is 4.79 Å². The summed E-state index contributed by atoms with van der Waals surface area (Å²) in [6.45, 7) is 7.13. The van der Waals surface area contributed by atoms with Crippen LogP contribution in [0, 0.1) is 6.92 Å². The number of nitrogens with zero attached hydrogens (tertiary/aromatic N) is 4. The molecule has 0 N–H and O–H groups in total. The fourth-order valence-corrected chi connectivity index (χ4v) is 5.06. The summed E-state index contributed by atoms with van der Waals surface area (Å²) in [7, 11) is 0. The van der Waals surface area contributed by atoms with Gasteiger partial charge in [0.2, 0.25) is 0 Å². The number of aryl methyl sites for hydroxylation is 1. The molecule has 2 fully saturated rings. The van der Waals surface area contributed by atoms with Gasteiger partial charge in [-0.1, -0.05) is 0 Å². The fraction of sp³-hybridized carbons (Fsp3) is 0.611. The molecule has 1 amide bonds. The van der Waals surface area contributed by atoms with E-state index in [0.717, 1.165) is 59.0 Å². The van der Waals surface area contributed by atoms with E-state index in [9.17, 15) is 4.79 Å². The zero-order valence-corrected chi connectivity index (χ0v) is 15.2. The minimum absolute atomic E-state index is 0.172. The van der Waals surface area contributed by atoms with Crippen molar-refractivity contribution in [2.75, 3.05) is 24.5 Å². The molecule has 0 bridgehead atoms. The van der Waals surface area contributed by atoms with Crippen LogP contribution in [0.15, 0.2) is 6.33 Å². The Morgan fingerprint density at radius 1 is 1.17 bits per heavy atom. The molecule has 2 aliphatic heterocycles. The highest BCUT2D eigenvalue weighted by Gasteiger charge is 2.28. The van der Waals surface area contributed by atoms with E-state index in [-0.39, 0.29) is 5.91 Å². The van der Waals surface area contributed by atoms with Gasteiger partial charge < -0.3 is 9.80 Å². The number of hydrogen-bond acceptors (Lipinski definition) is 5. The fourth-order valence-electron chi connectivity index (χ4n) is 3.95. The number of fused-ring (bicyclic) bond motifs is 1. The maximum absolute atomic E-state index is 12.9. The first-order valence-electron chi connectivity index (χ1n) is 8.97. The lowest BCUT2D eigenvalue weighted by Gasteiger charge is -2.34. The van der Waals surface area contributed by atoms with E-state index in [1.54, 1.807) is 6.33 Å². The van der Waals surface area contributed by atoms with E-state index < -0.39 is 0 Å². The van der Waals surface area contributed by atoms with Crippen molar-refractivity contribution >= 4 is 33.3 Å². The van der Waals surface area contributed by atoms with Gasteiger partial charge in [-0.25, -0.2) is 9.97 Å². The molecule has 2 aromatic heterocycles. The molecule has 2 aliphatic rings. The molecule has 4 rings (SSSR count). The van der Waals surface area contributed by atoms with Crippen LogP contribution >= 0.6 is 11.3 Å². The number of amides is 1. The molecule has 2 aromatic rings. The van der Waals surface area contributed by atoms with Gasteiger partial charge >= 0.3 is 0 Å².